The molecule has 0 aromatic heterocycles. The molecule has 2 heteroatoms. The van der Waals surface area contributed by atoms with Gasteiger partial charge >= 0.3 is 98.4 Å². The zero-order chi connectivity index (χ0) is 11.4. The van der Waals surface area contributed by atoms with Crippen molar-refractivity contribution in [2.24, 2.45) is 17.8 Å². The third-order valence-electron chi connectivity index (χ3n) is 2.09. The van der Waals surface area contributed by atoms with Gasteiger partial charge in [-0.15, -0.1) is 0 Å². The molecular weight excluding hydrogens is 254 g/mol. The van der Waals surface area contributed by atoms with Crippen molar-refractivity contribution >= 4 is 20.6 Å². The first-order valence-corrected chi connectivity index (χ1v) is 10.4. The first-order chi connectivity index (χ1) is 6.25. The summed E-state index contributed by atoms with van der Waals surface area (Å²) in [4.78, 5) is 0. The van der Waals surface area contributed by atoms with Crippen molar-refractivity contribution in [1.82, 2.24) is 0 Å². The van der Waals surface area contributed by atoms with Gasteiger partial charge in [0.1, 0.15) is 0 Å². The monoisotopic (exact) mass is 282 g/mol. The van der Waals surface area contributed by atoms with Crippen LogP contribution < -0.4 is 0 Å². The Hall–Kier alpha value is 0.949. The van der Waals surface area contributed by atoms with Gasteiger partial charge in [-0.1, -0.05) is 0 Å². The first kappa shape index (κ1) is 14.9. The van der Waals surface area contributed by atoms with Crippen LogP contribution in [0.3, 0.4) is 0 Å². The van der Waals surface area contributed by atoms with Crippen molar-refractivity contribution in [2.75, 3.05) is 18.5 Å². The quantitative estimate of drug-likeness (QED) is 0.509. The number of hydrogen-bond acceptors (Lipinski definition) is 0. The summed E-state index contributed by atoms with van der Waals surface area (Å²) < 4.78 is 0. The Morgan fingerprint density at radius 3 is 1.07 bits per heavy atom. The van der Waals surface area contributed by atoms with E-state index in [2.05, 4.69) is 56.6 Å². The fourth-order valence-corrected chi connectivity index (χ4v) is 12.3. The summed E-state index contributed by atoms with van der Waals surface area (Å²) in [6.07, 6.45) is 4.30. The second-order valence-corrected chi connectivity index (χ2v) is 13.9. The number of rotatable bonds is 6. The van der Waals surface area contributed by atoms with Crippen LogP contribution in [0.15, 0.2) is 0 Å². The van der Waals surface area contributed by atoms with Crippen LogP contribution in [-0.4, -0.2) is 33.6 Å². The minimum atomic E-state index is -0.763. The molecule has 0 aromatic carbocycles. The summed E-state index contributed by atoms with van der Waals surface area (Å²) >= 11 is 3.60. The molecule has 0 radical (unpaired) electrons. The van der Waals surface area contributed by atoms with E-state index >= 15 is 0 Å². The van der Waals surface area contributed by atoms with Gasteiger partial charge in [0.15, 0.2) is 0 Å². The van der Waals surface area contributed by atoms with E-state index in [4.69, 9.17) is 0 Å². The topological polar surface area (TPSA) is 0 Å². The normalized spacial score (nSPS) is 13.2. The van der Waals surface area contributed by atoms with E-state index in [0.29, 0.717) is 0 Å². The molecule has 0 spiro atoms. The van der Waals surface area contributed by atoms with Crippen LogP contribution in [-0.2, 0) is 0 Å². The summed E-state index contributed by atoms with van der Waals surface area (Å²) in [5, 5.41) is 0. The van der Waals surface area contributed by atoms with Crippen LogP contribution >= 0.6 is 5.51 Å². The Morgan fingerprint density at radius 2 is 0.929 bits per heavy atom. The molecule has 0 nitrogen and oxygen atoms in total. The van der Waals surface area contributed by atoms with E-state index < -0.39 is 5.51 Å². The molecule has 0 amide bonds. The Bertz CT molecular complexity index is 161. The second-order valence-electron chi connectivity index (χ2n) is 5.79. The third-order valence-corrected chi connectivity index (χ3v) is 9.10. The summed E-state index contributed by atoms with van der Waals surface area (Å²) in [5.41, 5.74) is -0.763. The van der Waals surface area contributed by atoms with E-state index in [1.54, 1.807) is 0 Å². The maximum atomic E-state index is 3.60. The van der Waals surface area contributed by atoms with E-state index in [-0.39, 0.29) is 0 Å². The van der Waals surface area contributed by atoms with Crippen molar-refractivity contribution in [3.8, 4) is 0 Å². The summed E-state index contributed by atoms with van der Waals surface area (Å²) in [6, 6.07) is 0. The maximum absolute atomic E-state index is 3.60. The van der Waals surface area contributed by atoms with Gasteiger partial charge in [-0.3, -0.25) is 0 Å². The van der Waals surface area contributed by atoms with Crippen LogP contribution in [0.25, 0.3) is 0 Å². The fraction of sp³-hybridized carbons (Fsp3) is 1.00. The van der Waals surface area contributed by atoms with E-state index in [1.165, 1.54) is 18.5 Å². The van der Waals surface area contributed by atoms with Crippen LogP contribution in [0.5, 0.6) is 0 Å². The Morgan fingerprint density at radius 1 is 0.714 bits per heavy atom. The molecule has 0 atom stereocenters. The van der Waals surface area contributed by atoms with Gasteiger partial charge in [0.25, 0.3) is 0 Å². The van der Waals surface area contributed by atoms with E-state index in [9.17, 15) is 0 Å². The molecule has 0 N–H and O–H groups in total. The van der Waals surface area contributed by atoms with Crippen molar-refractivity contribution in [3.63, 3.8) is 0 Å². The van der Waals surface area contributed by atoms with Crippen molar-refractivity contribution in [2.45, 2.75) is 41.5 Å². The van der Waals surface area contributed by atoms with Crippen LogP contribution in [0.4, 0.5) is 0 Å². The van der Waals surface area contributed by atoms with E-state index in [0.717, 1.165) is 17.8 Å². The molecule has 0 aromatic rings. The first-order valence-electron chi connectivity index (χ1n) is 5.82. The Balaban J connectivity index is 4.41. The molecule has 0 fully saturated rings. The van der Waals surface area contributed by atoms with Crippen molar-refractivity contribution < 1.29 is 0 Å². The molecule has 86 valence electrons. The molecule has 0 saturated heterocycles. The molecule has 0 saturated carbocycles. The van der Waals surface area contributed by atoms with E-state index in [1.807, 2.05) is 0 Å². The predicted octanol–water partition coefficient (Wildman–Crippen LogP) is 4.06. The average molecular weight is 281 g/mol. The molecule has 0 heterocycles. The summed E-state index contributed by atoms with van der Waals surface area (Å²) in [7, 11) is 0. The Kier molecular flexibility index (Phi) is 6.96. The van der Waals surface area contributed by atoms with Gasteiger partial charge in [0.2, 0.25) is 0 Å². The molecule has 0 bridgehead atoms. The SMILES string of the molecule is CC(C)CP(=[Se])(CC(C)C)CC(C)C. The van der Waals surface area contributed by atoms with Crippen molar-refractivity contribution in [1.29, 1.82) is 0 Å². The van der Waals surface area contributed by atoms with Gasteiger partial charge in [-0.25, -0.2) is 0 Å². The minimum absolute atomic E-state index is 0.763. The molecule has 0 unspecified atom stereocenters. The van der Waals surface area contributed by atoms with Gasteiger partial charge in [0.05, 0.1) is 0 Å². The molecule has 0 aliphatic carbocycles. The van der Waals surface area contributed by atoms with Gasteiger partial charge < -0.3 is 0 Å². The molecule has 0 rings (SSSR count). The zero-order valence-electron chi connectivity index (χ0n) is 10.7. The van der Waals surface area contributed by atoms with Crippen LogP contribution in [0, 0.1) is 17.8 Å². The zero-order valence-corrected chi connectivity index (χ0v) is 13.3. The molecule has 0 aliphatic rings. The predicted molar refractivity (Wildman–Crippen MR) is 71.8 cm³/mol. The average Bonchev–Trinajstić information content (AvgIpc) is 1.76. The standard InChI is InChI=1S/C12H27PSe/c1-10(2)7-13(14,8-11(3)4)9-12(5)6/h10-12H,7-9H2,1-6H3. The van der Waals surface area contributed by atoms with Crippen LogP contribution in [0.1, 0.15) is 41.5 Å². The molecule has 14 heavy (non-hydrogen) atoms. The Labute approximate surface area is 98.5 Å². The van der Waals surface area contributed by atoms with Gasteiger partial charge in [-0.2, -0.15) is 0 Å². The molecular formula is C12H27PSe. The summed E-state index contributed by atoms with van der Waals surface area (Å²) in [6.45, 7) is 14.1. The third kappa shape index (κ3) is 7.27. The van der Waals surface area contributed by atoms with Crippen molar-refractivity contribution in [3.05, 3.63) is 0 Å². The molecule has 0 aliphatic heterocycles. The second kappa shape index (κ2) is 6.51. The van der Waals surface area contributed by atoms with Gasteiger partial charge in [-0.05, 0) is 0 Å². The number of hydrogen-bond donors (Lipinski definition) is 0. The summed E-state index contributed by atoms with van der Waals surface area (Å²) in [5.74, 6) is 2.55. The van der Waals surface area contributed by atoms with Crippen LogP contribution in [0.2, 0.25) is 0 Å². The van der Waals surface area contributed by atoms with Gasteiger partial charge in [0, 0.05) is 0 Å². The fourth-order valence-electron chi connectivity index (χ4n) is 2.22.